The van der Waals surface area contributed by atoms with Crippen LogP contribution in [0.25, 0.3) is 0 Å². The third-order valence-electron chi connectivity index (χ3n) is 2.68. The van der Waals surface area contributed by atoms with Gasteiger partial charge < -0.3 is 0 Å². The van der Waals surface area contributed by atoms with Gasteiger partial charge in [0.2, 0.25) is 0 Å². The molecule has 0 aliphatic carbocycles. The topological polar surface area (TPSA) is 80.9 Å². The highest BCUT2D eigenvalue weighted by atomic mass is 79.9. The summed E-state index contributed by atoms with van der Waals surface area (Å²) < 4.78 is 1.03. The van der Waals surface area contributed by atoms with Gasteiger partial charge >= 0.3 is 0 Å². The van der Waals surface area contributed by atoms with Crippen LogP contribution in [0.3, 0.4) is 0 Å². The summed E-state index contributed by atoms with van der Waals surface area (Å²) in [5, 5.41) is 0. The fraction of sp³-hybridized carbons (Fsp3) is 0.154. The number of carbonyl (C=O) groups excluding carboxylic acids is 1. The Bertz CT molecular complexity index is 598. The number of nitrogens with one attached hydrogen (secondary N) is 1. The molecule has 2 rings (SSSR count). The van der Waals surface area contributed by atoms with Gasteiger partial charge in [-0.25, -0.2) is 15.8 Å². The standard InChI is InChI=1S/C13H13BrN4O/c1-8-11(13(19)18-15)7-16-12(17-8)6-9-2-4-10(14)5-3-9/h2-5,7H,6,15H2,1H3,(H,18,19). The maximum Gasteiger partial charge on any atom is 0.268 e. The largest absolute Gasteiger partial charge is 0.290 e. The average Bonchev–Trinajstić information content (AvgIpc) is 2.41. The van der Waals surface area contributed by atoms with E-state index >= 15 is 0 Å². The van der Waals surface area contributed by atoms with Crippen LogP contribution in [-0.2, 0) is 6.42 Å². The van der Waals surface area contributed by atoms with Gasteiger partial charge in [0.25, 0.3) is 5.91 Å². The van der Waals surface area contributed by atoms with Gasteiger partial charge in [-0.3, -0.25) is 10.2 Å². The molecule has 0 aliphatic heterocycles. The fourth-order valence-corrected chi connectivity index (χ4v) is 1.95. The molecule has 0 bridgehead atoms. The van der Waals surface area contributed by atoms with Gasteiger partial charge in [0.15, 0.2) is 0 Å². The Morgan fingerprint density at radius 1 is 1.37 bits per heavy atom. The summed E-state index contributed by atoms with van der Waals surface area (Å²) in [4.78, 5) is 19.9. The first kappa shape index (κ1) is 13.6. The average molecular weight is 321 g/mol. The Morgan fingerprint density at radius 2 is 2.05 bits per heavy atom. The summed E-state index contributed by atoms with van der Waals surface area (Å²) in [5.41, 5.74) is 4.19. The summed E-state index contributed by atoms with van der Waals surface area (Å²) >= 11 is 3.39. The van der Waals surface area contributed by atoms with E-state index in [9.17, 15) is 4.79 Å². The van der Waals surface area contributed by atoms with E-state index in [-0.39, 0.29) is 5.91 Å². The monoisotopic (exact) mass is 320 g/mol. The maximum absolute atomic E-state index is 11.4. The minimum absolute atomic E-state index is 0.382. The van der Waals surface area contributed by atoms with Gasteiger partial charge in [0.05, 0.1) is 11.3 Å². The molecule has 5 nitrogen and oxygen atoms in total. The van der Waals surface area contributed by atoms with Crippen LogP contribution in [0.4, 0.5) is 0 Å². The van der Waals surface area contributed by atoms with Crippen LogP contribution in [0.5, 0.6) is 0 Å². The minimum atomic E-state index is -0.382. The van der Waals surface area contributed by atoms with E-state index < -0.39 is 0 Å². The quantitative estimate of drug-likeness (QED) is 0.513. The molecule has 19 heavy (non-hydrogen) atoms. The summed E-state index contributed by atoms with van der Waals surface area (Å²) in [5.74, 6) is 5.38. The van der Waals surface area contributed by atoms with Gasteiger partial charge in [0.1, 0.15) is 5.82 Å². The number of hydrogen-bond donors (Lipinski definition) is 2. The number of aromatic nitrogens is 2. The molecule has 0 atom stereocenters. The molecule has 0 saturated heterocycles. The summed E-state index contributed by atoms with van der Waals surface area (Å²) in [6, 6.07) is 7.95. The Balaban J connectivity index is 2.20. The number of halogens is 1. The zero-order valence-corrected chi connectivity index (χ0v) is 11.9. The molecule has 0 aliphatic rings. The van der Waals surface area contributed by atoms with Gasteiger partial charge in [-0.15, -0.1) is 0 Å². The van der Waals surface area contributed by atoms with E-state index in [0.29, 0.717) is 23.5 Å². The van der Waals surface area contributed by atoms with Crippen LogP contribution in [0.1, 0.15) is 27.4 Å². The third-order valence-corrected chi connectivity index (χ3v) is 3.21. The van der Waals surface area contributed by atoms with Crippen LogP contribution in [-0.4, -0.2) is 15.9 Å². The van der Waals surface area contributed by atoms with E-state index in [4.69, 9.17) is 5.84 Å². The maximum atomic E-state index is 11.4. The highest BCUT2D eigenvalue weighted by molar-refractivity contribution is 9.10. The number of hydrogen-bond acceptors (Lipinski definition) is 4. The molecular formula is C13H13BrN4O. The van der Waals surface area contributed by atoms with Crippen molar-refractivity contribution in [2.45, 2.75) is 13.3 Å². The number of rotatable bonds is 3. The molecule has 6 heteroatoms. The van der Waals surface area contributed by atoms with Crippen molar-refractivity contribution in [3.8, 4) is 0 Å². The van der Waals surface area contributed by atoms with E-state index in [1.165, 1.54) is 6.20 Å². The lowest BCUT2D eigenvalue weighted by Gasteiger charge is -2.06. The first-order valence-corrected chi connectivity index (χ1v) is 6.47. The molecule has 2 aromatic rings. The lowest BCUT2D eigenvalue weighted by atomic mass is 10.1. The third kappa shape index (κ3) is 3.36. The smallest absolute Gasteiger partial charge is 0.268 e. The molecule has 1 heterocycles. The number of benzene rings is 1. The lowest BCUT2D eigenvalue weighted by Crippen LogP contribution is -2.31. The Labute approximate surface area is 119 Å². The highest BCUT2D eigenvalue weighted by Gasteiger charge is 2.10. The molecule has 0 spiro atoms. The summed E-state index contributed by atoms with van der Waals surface area (Å²) in [6.07, 6.45) is 2.12. The van der Waals surface area contributed by atoms with Crippen molar-refractivity contribution in [3.05, 3.63) is 57.6 Å². The zero-order valence-electron chi connectivity index (χ0n) is 10.4. The first-order chi connectivity index (χ1) is 9.10. The van der Waals surface area contributed by atoms with E-state index in [2.05, 4.69) is 31.3 Å². The van der Waals surface area contributed by atoms with Gasteiger partial charge in [0, 0.05) is 17.1 Å². The zero-order chi connectivity index (χ0) is 13.8. The lowest BCUT2D eigenvalue weighted by molar-refractivity contribution is 0.0952. The second-order valence-electron chi connectivity index (χ2n) is 4.06. The predicted octanol–water partition coefficient (Wildman–Crippen LogP) is 1.74. The summed E-state index contributed by atoms with van der Waals surface area (Å²) in [6.45, 7) is 1.76. The normalized spacial score (nSPS) is 10.3. The van der Waals surface area contributed by atoms with Crippen molar-refractivity contribution in [1.82, 2.24) is 15.4 Å². The second-order valence-corrected chi connectivity index (χ2v) is 4.98. The molecule has 1 aromatic carbocycles. The Morgan fingerprint density at radius 3 is 2.63 bits per heavy atom. The molecule has 98 valence electrons. The van der Waals surface area contributed by atoms with E-state index in [0.717, 1.165) is 10.0 Å². The Hall–Kier alpha value is -1.79. The molecule has 1 amide bonds. The Kier molecular flexibility index (Phi) is 4.24. The molecule has 0 radical (unpaired) electrons. The molecule has 3 N–H and O–H groups in total. The van der Waals surface area contributed by atoms with E-state index in [1.54, 1.807) is 6.92 Å². The number of nitrogen functional groups attached to an aromatic ring is 1. The number of nitrogens with zero attached hydrogens (tertiary/aromatic N) is 2. The molecule has 0 fully saturated rings. The van der Waals surface area contributed by atoms with Gasteiger partial charge in [-0.1, -0.05) is 28.1 Å². The van der Waals surface area contributed by atoms with Crippen molar-refractivity contribution < 1.29 is 4.79 Å². The number of amides is 1. The van der Waals surface area contributed by atoms with Crippen molar-refractivity contribution in [2.24, 2.45) is 5.84 Å². The fourth-order valence-electron chi connectivity index (χ4n) is 1.69. The van der Waals surface area contributed by atoms with Crippen LogP contribution < -0.4 is 11.3 Å². The highest BCUT2D eigenvalue weighted by Crippen LogP contribution is 2.13. The van der Waals surface area contributed by atoms with Crippen molar-refractivity contribution in [1.29, 1.82) is 0 Å². The first-order valence-electron chi connectivity index (χ1n) is 5.68. The molecule has 0 saturated carbocycles. The van der Waals surface area contributed by atoms with Crippen LogP contribution in [0.2, 0.25) is 0 Å². The number of carbonyl (C=O) groups is 1. The van der Waals surface area contributed by atoms with Gasteiger partial charge in [-0.05, 0) is 24.6 Å². The number of aryl methyl sites for hydroxylation is 1. The molecule has 0 unspecified atom stereocenters. The van der Waals surface area contributed by atoms with Crippen molar-refractivity contribution >= 4 is 21.8 Å². The molecular weight excluding hydrogens is 308 g/mol. The minimum Gasteiger partial charge on any atom is -0.290 e. The van der Waals surface area contributed by atoms with Crippen molar-refractivity contribution in [2.75, 3.05) is 0 Å². The van der Waals surface area contributed by atoms with Gasteiger partial charge in [-0.2, -0.15) is 0 Å². The number of hydrazine groups is 1. The molecule has 1 aromatic heterocycles. The van der Waals surface area contributed by atoms with E-state index in [1.807, 2.05) is 24.3 Å². The predicted molar refractivity (Wildman–Crippen MR) is 75.4 cm³/mol. The number of nitrogens with two attached hydrogens (primary N) is 1. The second kappa shape index (κ2) is 5.90. The van der Waals surface area contributed by atoms with Crippen molar-refractivity contribution in [3.63, 3.8) is 0 Å². The summed E-state index contributed by atoms with van der Waals surface area (Å²) in [7, 11) is 0. The van der Waals surface area contributed by atoms with Crippen LogP contribution >= 0.6 is 15.9 Å². The van der Waals surface area contributed by atoms with Crippen LogP contribution in [0, 0.1) is 6.92 Å². The SMILES string of the molecule is Cc1nc(Cc2ccc(Br)cc2)ncc1C(=O)NN. The van der Waals surface area contributed by atoms with Crippen LogP contribution in [0.15, 0.2) is 34.9 Å².